The van der Waals surface area contributed by atoms with Crippen molar-refractivity contribution in [2.75, 3.05) is 11.4 Å². The maximum atomic E-state index is 12.8. The van der Waals surface area contributed by atoms with Crippen LogP contribution in [0.3, 0.4) is 0 Å². The van der Waals surface area contributed by atoms with Crippen LogP contribution in [0.15, 0.2) is 18.6 Å². The summed E-state index contributed by atoms with van der Waals surface area (Å²) in [4.78, 5) is 10.0. The van der Waals surface area contributed by atoms with E-state index in [4.69, 9.17) is 0 Å². The van der Waals surface area contributed by atoms with E-state index in [-0.39, 0.29) is 0 Å². The summed E-state index contributed by atoms with van der Waals surface area (Å²) in [5.74, 6) is 0.489. The molecule has 0 spiro atoms. The maximum absolute atomic E-state index is 12.8. The van der Waals surface area contributed by atoms with Gasteiger partial charge < -0.3 is 4.90 Å². The molecule has 88 valence electrons. The molecule has 1 atom stereocenters. The van der Waals surface area contributed by atoms with Crippen LogP contribution >= 0.6 is 0 Å². The van der Waals surface area contributed by atoms with Crippen LogP contribution in [0.4, 0.5) is 10.3 Å². The average Bonchev–Trinajstić information content (AvgIpc) is 2.78. The van der Waals surface area contributed by atoms with Gasteiger partial charge in [-0.15, -0.1) is 0 Å². The van der Waals surface area contributed by atoms with E-state index >= 15 is 0 Å². The molecule has 0 saturated heterocycles. The summed E-state index contributed by atoms with van der Waals surface area (Å²) in [6, 6.07) is 0. The van der Waals surface area contributed by atoms with Crippen molar-refractivity contribution in [2.24, 2.45) is 0 Å². The number of nitrogens with one attached hydrogen (secondary N) is 1. The summed E-state index contributed by atoms with van der Waals surface area (Å²) < 4.78 is 12.8. The molecule has 0 fully saturated rings. The fraction of sp³-hybridized carbons (Fsp3) is 0.364. The van der Waals surface area contributed by atoms with Crippen LogP contribution in [0.2, 0.25) is 0 Å². The zero-order valence-corrected chi connectivity index (χ0v) is 9.39. The number of H-pyrrole nitrogens is 1. The Labute approximate surface area is 97.7 Å². The van der Waals surface area contributed by atoms with Gasteiger partial charge in [0, 0.05) is 30.3 Å². The van der Waals surface area contributed by atoms with Crippen LogP contribution in [0.5, 0.6) is 0 Å². The number of fused-ring (bicyclic) bond motifs is 1. The zero-order valence-electron chi connectivity index (χ0n) is 9.39. The normalized spacial score (nSPS) is 19.2. The van der Waals surface area contributed by atoms with Gasteiger partial charge in [-0.05, 0) is 0 Å². The molecular formula is C11H12FN5. The molecule has 3 rings (SSSR count). The number of hydrogen-bond donors (Lipinski definition) is 1. The number of halogens is 1. The fourth-order valence-corrected chi connectivity index (χ4v) is 2.19. The van der Waals surface area contributed by atoms with Gasteiger partial charge in [-0.3, -0.25) is 5.10 Å². The molecule has 0 amide bonds. The first-order chi connectivity index (χ1) is 8.24. The molecular weight excluding hydrogens is 221 g/mol. The summed E-state index contributed by atoms with van der Waals surface area (Å²) in [5.41, 5.74) is 2.32. The predicted octanol–water partition coefficient (Wildman–Crippen LogP) is 1.46. The number of anilines is 1. The number of rotatable bonds is 1. The fourth-order valence-electron chi connectivity index (χ4n) is 2.19. The minimum absolute atomic E-state index is 0.343. The van der Waals surface area contributed by atoms with Crippen molar-refractivity contribution in [3.63, 3.8) is 0 Å². The quantitative estimate of drug-likeness (QED) is 0.810. The molecule has 1 aliphatic heterocycles. The van der Waals surface area contributed by atoms with Gasteiger partial charge in [-0.25, -0.2) is 14.4 Å². The van der Waals surface area contributed by atoms with Gasteiger partial charge in [0.25, 0.3) is 0 Å². The van der Waals surface area contributed by atoms with Crippen molar-refractivity contribution in [1.82, 2.24) is 20.2 Å². The molecule has 2 aromatic heterocycles. The number of hydrogen-bond acceptors (Lipinski definition) is 4. The highest BCUT2D eigenvalue weighted by atomic mass is 19.1. The SMILES string of the molecule is C[C@H]1CN(c2ncc(F)cn2)Cc2cn[nH]c21. The number of aromatic nitrogens is 4. The molecule has 0 saturated carbocycles. The Kier molecular flexibility index (Phi) is 2.28. The first-order valence-electron chi connectivity index (χ1n) is 5.48. The molecule has 2 aromatic rings. The van der Waals surface area contributed by atoms with Gasteiger partial charge in [0.15, 0.2) is 5.82 Å². The Morgan fingerprint density at radius 2 is 2.12 bits per heavy atom. The third-order valence-corrected chi connectivity index (χ3v) is 2.99. The van der Waals surface area contributed by atoms with Crippen molar-refractivity contribution in [3.05, 3.63) is 35.7 Å². The minimum atomic E-state index is -0.414. The van der Waals surface area contributed by atoms with Crippen molar-refractivity contribution < 1.29 is 4.39 Å². The van der Waals surface area contributed by atoms with Crippen LogP contribution in [0, 0.1) is 5.82 Å². The van der Waals surface area contributed by atoms with Gasteiger partial charge >= 0.3 is 0 Å². The lowest BCUT2D eigenvalue weighted by molar-refractivity contribution is 0.594. The van der Waals surface area contributed by atoms with Crippen molar-refractivity contribution in [2.45, 2.75) is 19.4 Å². The summed E-state index contributed by atoms with van der Waals surface area (Å²) in [5, 5.41) is 7.05. The Morgan fingerprint density at radius 3 is 2.88 bits per heavy atom. The first kappa shape index (κ1) is 10.2. The van der Waals surface area contributed by atoms with Crippen LogP contribution in [0.1, 0.15) is 24.1 Å². The van der Waals surface area contributed by atoms with E-state index in [0.29, 0.717) is 18.4 Å². The Balaban J connectivity index is 1.90. The van der Waals surface area contributed by atoms with Gasteiger partial charge in [0.2, 0.25) is 5.95 Å². The number of aromatic amines is 1. The summed E-state index contributed by atoms with van der Waals surface area (Å²) in [6.07, 6.45) is 4.21. The van der Waals surface area contributed by atoms with Crippen molar-refractivity contribution in [3.8, 4) is 0 Å². The van der Waals surface area contributed by atoms with Gasteiger partial charge in [-0.2, -0.15) is 5.10 Å². The number of nitrogens with zero attached hydrogens (tertiary/aromatic N) is 4. The van der Waals surface area contributed by atoms with E-state index in [1.54, 1.807) is 0 Å². The monoisotopic (exact) mass is 233 g/mol. The largest absolute Gasteiger partial charge is 0.336 e. The Morgan fingerprint density at radius 1 is 1.35 bits per heavy atom. The minimum Gasteiger partial charge on any atom is -0.336 e. The highest BCUT2D eigenvalue weighted by molar-refractivity contribution is 5.37. The Hall–Kier alpha value is -1.98. The highest BCUT2D eigenvalue weighted by Crippen LogP contribution is 2.27. The van der Waals surface area contributed by atoms with Crippen LogP contribution in [-0.2, 0) is 6.54 Å². The molecule has 0 aromatic carbocycles. The average molecular weight is 233 g/mol. The molecule has 3 heterocycles. The van der Waals surface area contributed by atoms with E-state index in [1.165, 1.54) is 18.1 Å². The third kappa shape index (κ3) is 1.75. The molecule has 1 aliphatic rings. The van der Waals surface area contributed by atoms with Gasteiger partial charge in [-0.1, -0.05) is 6.92 Å². The molecule has 17 heavy (non-hydrogen) atoms. The van der Waals surface area contributed by atoms with E-state index in [2.05, 4.69) is 27.1 Å². The molecule has 0 unspecified atom stereocenters. The zero-order chi connectivity index (χ0) is 11.8. The first-order valence-corrected chi connectivity index (χ1v) is 5.48. The predicted molar refractivity (Wildman–Crippen MR) is 60.0 cm³/mol. The highest BCUT2D eigenvalue weighted by Gasteiger charge is 2.25. The second-order valence-corrected chi connectivity index (χ2v) is 4.29. The van der Waals surface area contributed by atoms with E-state index in [9.17, 15) is 4.39 Å². The molecule has 0 radical (unpaired) electrons. The van der Waals surface area contributed by atoms with Crippen molar-refractivity contribution in [1.29, 1.82) is 0 Å². The standard InChI is InChI=1S/C11H12FN5/c1-7-5-17(6-8-2-15-16-10(7)8)11-13-3-9(12)4-14-11/h2-4,7H,5-6H2,1H3,(H,15,16)/t7-/m0/s1. The third-order valence-electron chi connectivity index (χ3n) is 2.99. The topological polar surface area (TPSA) is 57.7 Å². The van der Waals surface area contributed by atoms with Gasteiger partial charge in [0.05, 0.1) is 18.6 Å². The second-order valence-electron chi connectivity index (χ2n) is 4.29. The lowest BCUT2D eigenvalue weighted by atomic mass is 9.99. The van der Waals surface area contributed by atoms with Gasteiger partial charge in [0.1, 0.15) is 0 Å². The molecule has 5 nitrogen and oxygen atoms in total. The molecule has 6 heteroatoms. The molecule has 0 aliphatic carbocycles. The lowest BCUT2D eigenvalue weighted by Gasteiger charge is -2.30. The molecule has 0 bridgehead atoms. The van der Waals surface area contributed by atoms with Crippen LogP contribution < -0.4 is 4.90 Å². The Bertz CT molecular complexity index is 521. The smallest absolute Gasteiger partial charge is 0.225 e. The molecule has 1 N–H and O–H groups in total. The van der Waals surface area contributed by atoms with Crippen LogP contribution in [0.25, 0.3) is 0 Å². The second kappa shape index (κ2) is 3.80. The maximum Gasteiger partial charge on any atom is 0.225 e. The summed E-state index contributed by atoms with van der Waals surface area (Å²) in [7, 11) is 0. The summed E-state index contributed by atoms with van der Waals surface area (Å²) in [6.45, 7) is 3.63. The summed E-state index contributed by atoms with van der Waals surface area (Å²) >= 11 is 0. The van der Waals surface area contributed by atoms with E-state index in [0.717, 1.165) is 12.1 Å². The lowest BCUT2D eigenvalue weighted by Crippen LogP contribution is -2.33. The van der Waals surface area contributed by atoms with Crippen molar-refractivity contribution >= 4 is 5.95 Å². The van der Waals surface area contributed by atoms with E-state index < -0.39 is 5.82 Å². The van der Waals surface area contributed by atoms with Crippen LogP contribution in [-0.4, -0.2) is 26.7 Å². The van der Waals surface area contributed by atoms with E-state index in [1.807, 2.05) is 11.1 Å².